The lowest BCUT2D eigenvalue weighted by atomic mass is 10.2. The highest BCUT2D eigenvalue weighted by molar-refractivity contribution is 5.93. The first kappa shape index (κ1) is 22.4. The average Bonchev–Trinajstić information content (AvgIpc) is 2.63. The van der Waals surface area contributed by atoms with E-state index >= 15 is 0 Å². The summed E-state index contributed by atoms with van der Waals surface area (Å²) in [7, 11) is 3.33. The molecule has 2 aromatic carbocycles. The number of benzene rings is 2. The van der Waals surface area contributed by atoms with Crippen LogP contribution >= 0.6 is 0 Å². The number of nitrogens with zero attached hydrogens (tertiary/aromatic N) is 1. The van der Waals surface area contributed by atoms with Gasteiger partial charge in [-0.3, -0.25) is 9.69 Å². The van der Waals surface area contributed by atoms with Crippen molar-refractivity contribution in [2.45, 2.75) is 27.0 Å². The number of hydrogen-bond acceptors (Lipinski definition) is 5. The van der Waals surface area contributed by atoms with Crippen molar-refractivity contribution in [3.63, 3.8) is 0 Å². The molecule has 0 unspecified atom stereocenters. The Labute approximate surface area is 169 Å². The van der Waals surface area contributed by atoms with Gasteiger partial charge in [-0.15, -0.1) is 0 Å². The molecule has 8 heteroatoms. The third-order valence-electron chi connectivity index (χ3n) is 4.02. The Morgan fingerprint density at radius 1 is 1.14 bits per heavy atom. The highest BCUT2D eigenvalue weighted by Crippen LogP contribution is 2.30. The molecule has 158 valence electrons. The van der Waals surface area contributed by atoms with Crippen LogP contribution in [0.25, 0.3) is 0 Å². The normalized spacial score (nSPS) is 10.9. The van der Waals surface area contributed by atoms with Crippen LogP contribution in [0.2, 0.25) is 0 Å². The third-order valence-corrected chi connectivity index (χ3v) is 4.02. The Kier molecular flexibility index (Phi) is 8.21. The second-order valence-corrected chi connectivity index (χ2v) is 6.52. The molecule has 0 saturated carbocycles. The van der Waals surface area contributed by atoms with Crippen LogP contribution in [-0.2, 0) is 11.3 Å². The molecule has 1 N–H and O–H groups in total. The van der Waals surface area contributed by atoms with Crippen LogP contribution in [0.5, 0.6) is 17.2 Å². The van der Waals surface area contributed by atoms with Gasteiger partial charge >= 0.3 is 6.61 Å². The number of aryl methyl sites for hydroxylation is 1. The topological polar surface area (TPSA) is 60.0 Å². The zero-order chi connectivity index (χ0) is 21.4. The third kappa shape index (κ3) is 6.90. The van der Waals surface area contributed by atoms with Gasteiger partial charge in [-0.25, -0.2) is 0 Å². The van der Waals surface area contributed by atoms with E-state index in [0.717, 1.165) is 11.1 Å². The Morgan fingerprint density at radius 2 is 1.86 bits per heavy atom. The fourth-order valence-electron chi connectivity index (χ4n) is 2.83. The second-order valence-electron chi connectivity index (χ2n) is 6.52. The van der Waals surface area contributed by atoms with Crippen molar-refractivity contribution in [2.75, 3.05) is 32.6 Å². The molecule has 0 spiro atoms. The monoisotopic (exact) mass is 408 g/mol. The Bertz CT molecular complexity index is 830. The molecule has 0 radical (unpaired) electrons. The molecule has 0 aliphatic rings. The molecule has 1 amide bonds. The minimum absolute atomic E-state index is 0.0162. The first-order valence-electron chi connectivity index (χ1n) is 9.16. The van der Waals surface area contributed by atoms with E-state index in [4.69, 9.17) is 9.47 Å². The lowest BCUT2D eigenvalue weighted by Crippen LogP contribution is -2.30. The van der Waals surface area contributed by atoms with Gasteiger partial charge in [0.25, 0.3) is 0 Å². The maximum Gasteiger partial charge on any atom is 0.387 e. The number of carbonyl (C=O) groups excluding carboxylic acids is 1. The molecule has 6 nitrogen and oxygen atoms in total. The summed E-state index contributed by atoms with van der Waals surface area (Å²) in [5.74, 6) is 0.617. The van der Waals surface area contributed by atoms with Crippen LogP contribution in [0.15, 0.2) is 36.4 Å². The van der Waals surface area contributed by atoms with Gasteiger partial charge in [0, 0.05) is 6.54 Å². The number of ether oxygens (including phenoxy) is 3. The average molecular weight is 408 g/mol. The van der Waals surface area contributed by atoms with Crippen molar-refractivity contribution >= 4 is 11.6 Å². The standard InChI is InChI=1S/C21H26F2N2O4/c1-5-28-19-11-15(7-9-18(19)29-21(22)23)12-25(3)13-20(26)24-16-10-14(2)6-8-17(16)27-4/h6-11,21H,5,12-13H2,1-4H3,(H,24,26). The number of anilines is 1. The number of hydrogen-bond donors (Lipinski definition) is 1. The fraction of sp³-hybridized carbons (Fsp3) is 0.381. The van der Waals surface area contributed by atoms with Crippen molar-refractivity contribution in [1.29, 1.82) is 0 Å². The zero-order valence-electron chi connectivity index (χ0n) is 17.0. The predicted octanol–water partition coefficient (Wildman–Crippen LogP) is 4.07. The predicted molar refractivity (Wildman–Crippen MR) is 107 cm³/mol. The van der Waals surface area contributed by atoms with Crippen LogP contribution < -0.4 is 19.5 Å². The second kappa shape index (κ2) is 10.6. The van der Waals surface area contributed by atoms with E-state index in [0.29, 0.717) is 24.6 Å². The molecular weight excluding hydrogens is 382 g/mol. The Hall–Kier alpha value is -2.87. The first-order chi connectivity index (χ1) is 13.8. The molecule has 0 fully saturated rings. The summed E-state index contributed by atoms with van der Waals surface area (Å²) in [6, 6.07) is 10.3. The van der Waals surface area contributed by atoms with Crippen molar-refractivity contribution in [3.8, 4) is 17.2 Å². The smallest absolute Gasteiger partial charge is 0.387 e. The van der Waals surface area contributed by atoms with Crippen LogP contribution in [-0.4, -0.2) is 44.7 Å². The van der Waals surface area contributed by atoms with E-state index < -0.39 is 6.61 Å². The summed E-state index contributed by atoms with van der Waals surface area (Å²) < 4.78 is 40.2. The number of likely N-dealkylation sites (N-methyl/N-ethyl adjacent to an activating group) is 1. The molecule has 2 aromatic rings. The molecule has 0 bridgehead atoms. The highest BCUT2D eigenvalue weighted by atomic mass is 19.3. The van der Waals surface area contributed by atoms with Crippen LogP contribution in [0, 0.1) is 6.92 Å². The van der Waals surface area contributed by atoms with E-state index in [9.17, 15) is 13.6 Å². The van der Waals surface area contributed by atoms with Crippen LogP contribution in [0.1, 0.15) is 18.1 Å². The van der Waals surface area contributed by atoms with Crippen LogP contribution in [0.4, 0.5) is 14.5 Å². The van der Waals surface area contributed by atoms with E-state index in [1.165, 1.54) is 6.07 Å². The zero-order valence-corrected chi connectivity index (χ0v) is 17.0. The summed E-state index contributed by atoms with van der Waals surface area (Å²) in [5.41, 5.74) is 2.42. The van der Waals surface area contributed by atoms with Gasteiger partial charge in [-0.05, 0) is 56.3 Å². The summed E-state index contributed by atoms with van der Waals surface area (Å²) in [6.07, 6.45) is 0. The van der Waals surface area contributed by atoms with Crippen molar-refractivity contribution < 1.29 is 27.8 Å². The van der Waals surface area contributed by atoms with Gasteiger partial charge < -0.3 is 19.5 Å². The van der Waals surface area contributed by atoms with Gasteiger partial charge in [0.1, 0.15) is 5.75 Å². The van der Waals surface area contributed by atoms with E-state index in [1.807, 2.05) is 19.1 Å². The number of amides is 1. The Morgan fingerprint density at radius 3 is 2.52 bits per heavy atom. The van der Waals surface area contributed by atoms with E-state index in [-0.39, 0.29) is 24.0 Å². The molecular formula is C21H26F2N2O4. The van der Waals surface area contributed by atoms with E-state index in [1.54, 1.807) is 44.2 Å². The largest absolute Gasteiger partial charge is 0.495 e. The molecule has 0 saturated heterocycles. The maximum atomic E-state index is 12.5. The van der Waals surface area contributed by atoms with Gasteiger partial charge in [-0.1, -0.05) is 12.1 Å². The van der Waals surface area contributed by atoms with Gasteiger partial charge in [0.2, 0.25) is 5.91 Å². The molecule has 0 heterocycles. The Balaban J connectivity index is 2.01. The molecule has 0 atom stereocenters. The highest BCUT2D eigenvalue weighted by Gasteiger charge is 2.14. The van der Waals surface area contributed by atoms with Gasteiger partial charge in [-0.2, -0.15) is 8.78 Å². The SMILES string of the molecule is CCOc1cc(CN(C)CC(=O)Nc2cc(C)ccc2OC)ccc1OC(F)F. The van der Waals surface area contributed by atoms with Gasteiger partial charge in [0.05, 0.1) is 25.9 Å². The molecule has 2 rings (SSSR count). The van der Waals surface area contributed by atoms with Crippen molar-refractivity contribution in [3.05, 3.63) is 47.5 Å². The van der Waals surface area contributed by atoms with Gasteiger partial charge in [0.15, 0.2) is 11.5 Å². The molecule has 29 heavy (non-hydrogen) atoms. The summed E-state index contributed by atoms with van der Waals surface area (Å²) in [5, 5.41) is 2.85. The van der Waals surface area contributed by atoms with Crippen molar-refractivity contribution in [2.24, 2.45) is 0 Å². The molecule has 0 aromatic heterocycles. The lowest BCUT2D eigenvalue weighted by Gasteiger charge is -2.19. The van der Waals surface area contributed by atoms with Crippen LogP contribution in [0.3, 0.4) is 0 Å². The number of carbonyl (C=O) groups is 1. The molecule has 0 aliphatic heterocycles. The number of alkyl halides is 2. The quantitative estimate of drug-likeness (QED) is 0.642. The maximum absolute atomic E-state index is 12.5. The van der Waals surface area contributed by atoms with E-state index in [2.05, 4.69) is 10.1 Å². The summed E-state index contributed by atoms with van der Waals surface area (Å²) >= 11 is 0. The minimum Gasteiger partial charge on any atom is -0.495 e. The molecule has 0 aliphatic carbocycles. The number of methoxy groups -OCH3 is 1. The number of nitrogens with one attached hydrogen (secondary N) is 1. The fourth-order valence-corrected chi connectivity index (χ4v) is 2.83. The lowest BCUT2D eigenvalue weighted by molar-refractivity contribution is -0.117. The summed E-state index contributed by atoms with van der Waals surface area (Å²) in [6.45, 7) is 1.64. The minimum atomic E-state index is -2.93. The number of halogens is 2. The number of rotatable bonds is 10. The first-order valence-corrected chi connectivity index (χ1v) is 9.16. The van der Waals surface area contributed by atoms with Crippen molar-refractivity contribution in [1.82, 2.24) is 4.90 Å². The summed E-state index contributed by atoms with van der Waals surface area (Å²) in [4.78, 5) is 14.2.